The van der Waals surface area contributed by atoms with Gasteiger partial charge in [0, 0.05) is 25.6 Å². The predicted molar refractivity (Wildman–Crippen MR) is 80.9 cm³/mol. The molecule has 0 amide bonds. The smallest absolute Gasteiger partial charge is 0.157 e. The summed E-state index contributed by atoms with van der Waals surface area (Å²) in [5.74, 6) is 1.63. The average Bonchev–Trinajstić information content (AvgIpc) is 2.78. The van der Waals surface area contributed by atoms with Crippen LogP contribution in [0.4, 0.5) is 0 Å². The molecule has 4 nitrogen and oxygen atoms in total. The molecule has 0 aromatic carbocycles. The summed E-state index contributed by atoms with van der Waals surface area (Å²) < 4.78 is 11.0. The Hall–Kier alpha value is -0.260. The predicted octanol–water partition coefficient (Wildman–Crippen LogP) is 2.29. The lowest BCUT2D eigenvalue weighted by molar-refractivity contribution is 0.0554. The van der Waals surface area contributed by atoms with Gasteiger partial charge < -0.3 is 14.8 Å². The van der Waals surface area contributed by atoms with E-state index in [0.29, 0.717) is 5.92 Å². The molecule has 0 aromatic heterocycles. The molecular weight excluding hydrogens is 260 g/mol. The quantitative estimate of drug-likeness (QED) is 0.842. The van der Waals surface area contributed by atoms with Crippen LogP contribution in [-0.4, -0.2) is 48.9 Å². The average molecular weight is 286 g/mol. The van der Waals surface area contributed by atoms with E-state index < -0.39 is 0 Å². The number of hydrogen-bond donors (Lipinski definition) is 1. The Morgan fingerprint density at radius 3 is 2.79 bits per heavy atom. The number of nitrogens with zero attached hydrogens (tertiary/aromatic N) is 1. The summed E-state index contributed by atoms with van der Waals surface area (Å²) in [5, 5.41) is 4.74. The molecule has 2 aliphatic rings. The van der Waals surface area contributed by atoms with E-state index in [4.69, 9.17) is 14.5 Å². The molecule has 0 saturated carbocycles. The number of nitrogens with one attached hydrogen (secondary N) is 1. The van der Waals surface area contributed by atoms with Crippen LogP contribution in [0, 0.1) is 5.92 Å². The SMILES string of the molecule is CCOCC(N=C1NC2(CCOCC2)CS1)C(C)C. The van der Waals surface area contributed by atoms with Crippen molar-refractivity contribution in [3.63, 3.8) is 0 Å². The third-order valence-corrected chi connectivity index (χ3v) is 5.03. The lowest BCUT2D eigenvalue weighted by Gasteiger charge is -2.32. The Labute approximate surface area is 120 Å². The molecule has 2 heterocycles. The molecule has 5 heteroatoms. The van der Waals surface area contributed by atoms with E-state index in [1.165, 1.54) is 0 Å². The number of hydrogen-bond acceptors (Lipinski definition) is 4. The van der Waals surface area contributed by atoms with Crippen molar-refractivity contribution in [2.45, 2.75) is 45.2 Å². The van der Waals surface area contributed by atoms with E-state index >= 15 is 0 Å². The van der Waals surface area contributed by atoms with Crippen LogP contribution in [-0.2, 0) is 9.47 Å². The molecule has 2 rings (SSSR count). The summed E-state index contributed by atoms with van der Waals surface area (Å²) >= 11 is 1.85. The molecule has 110 valence electrons. The molecule has 1 N–H and O–H groups in total. The fourth-order valence-corrected chi connectivity index (χ4v) is 3.65. The Bertz CT molecular complexity index is 315. The zero-order valence-corrected chi connectivity index (χ0v) is 13.1. The van der Waals surface area contributed by atoms with Crippen LogP contribution in [0.1, 0.15) is 33.6 Å². The van der Waals surface area contributed by atoms with Gasteiger partial charge in [0.25, 0.3) is 0 Å². The molecule has 0 radical (unpaired) electrons. The maximum atomic E-state index is 5.54. The van der Waals surface area contributed by atoms with E-state index in [-0.39, 0.29) is 11.6 Å². The zero-order chi connectivity index (χ0) is 13.7. The van der Waals surface area contributed by atoms with Crippen LogP contribution >= 0.6 is 11.8 Å². The molecule has 1 unspecified atom stereocenters. The van der Waals surface area contributed by atoms with Gasteiger partial charge in [0.15, 0.2) is 5.17 Å². The standard InChI is InChI=1S/C14H26N2O2S/c1-4-17-9-12(11(2)3)15-13-16-14(10-19-13)5-7-18-8-6-14/h11-12H,4-10H2,1-3H3,(H,15,16). The van der Waals surface area contributed by atoms with Crippen molar-refractivity contribution in [2.24, 2.45) is 10.9 Å². The van der Waals surface area contributed by atoms with E-state index in [1.807, 2.05) is 18.7 Å². The summed E-state index contributed by atoms with van der Waals surface area (Å²) in [5.41, 5.74) is 0.231. The highest BCUT2D eigenvalue weighted by Crippen LogP contribution is 2.32. The monoisotopic (exact) mass is 286 g/mol. The van der Waals surface area contributed by atoms with Crippen LogP contribution < -0.4 is 5.32 Å². The summed E-state index contributed by atoms with van der Waals surface area (Å²) in [7, 11) is 0. The van der Waals surface area contributed by atoms with Gasteiger partial charge in [0.2, 0.25) is 0 Å². The third-order valence-electron chi connectivity index (χ3n) is 3.85. The third kappa shape index (κ3) is 4.10. The second-order valence-electron chi connectivity index (χ2n) is 5.71. The van der Waals surface area contributed by atoms with Crippen molar-refractivity contribution >= 4 is 16.9 Å². The Morgan fingerprint density at radius 1 is 1.42 bits per heavy atom. The van der Waals surface area contributed by atoms with Gasteiger partial charge >= 0.3 is 0 Å². The normalized spacial score (nSPS) is 26.0. The van der Waals surface area contributed by atoms with Crippen LogP contribution in [0.3, 0.4) is 0 Å². The van der Waals surface area contributed by atoms with Crippen LogP contribution in [0.5, 0.6) is 0 Å². The van der Waals surface area contributed by atoms with Crippen molar-refractivity contribution in [3.8, 4) is 0 Å². The van der Waals surface area contributed by atoms with Crippen LogP contribution in [0.2, 0.25) is 0 Å². The molecule has 0 aromatic rings. The molecule has 0 bridgehead atoms. The van der Waals surface area contributed by atoms with Crippen molar-refractivity contribution in [3.05, 3.63) is 0 Å². The van der Waals surface area contributed by atoms with Gasteiger partial charge in [-0.15, -0.1) is 0 Å². The summed E-state index contributed by atoms with van der Waals surface area (Å²) in [6.07, 6.45) is 2.19. The van der Waals surface area contributed by atoms with Gasteiger partial charge in [0.1, 0.15) is 0 Å². The van der Waals surface area contributed by atoms with Gasteiger partial charge in [-0.25, -0.2) is 0 Å². The van der Waals surface area contributed by atoms with Gasteiger partial charge in [-0.05, 0) is 25.7 Å². The summed E-state index contributed by atoms with van der Waals surface area (Å²) in [6.45, 7) is 9.66. The van der Waals surface area contributed by atoms with Gasteiger partial charge in [-0.2, -0.15) is 0 Å². The van der Waals surface area contributed by atoms with Crippen LogP contribution in [0.25, 0.3) is 0 Å². The van der Waals surface area contributed by atoms with Gasteiger partial charge in [0.05, 0.1) is 18.2 Å². The highest BCUT2D eigenvalue weighted by molar-refractivity contribution is 8.14. The lowest BCUT2D eigenvalue weighted by atomic mass is 9.93. The molecule has 0 aliphatic carbocycles. The first kappa shape index (κ1) is 15.1. The lowest BCUT2D eigenvalue weighted by Crippen LogP contribution is -2.48. The first-order valence-electron chi connectivity index (χ1n) is 7.29. The summed E-state index contributed by atoms with van der Waals surface area (Å²) in [4.78, 5) is 4.86. The molecule has 19 heavy (non-hydrogen) atoms. The molecule has 2 aliphatic heterocycles. The summed E-state index contributed by atoms with van der Waals surface area (Å²) in [6, 6.07) is 0.255. The highest BCUT2D eigenvalue weighted by atomic mass is 32.2. The Balaban J connectivity index is 1.95. The molecule has 1 atom stereocenters. The van der Waals surface area contributed by atoms with Crippen LogP contribution in [0.15, 0.2) is 4.99 Å². The fraction of sp³-hybridized carbons (Fsp3) is 0.929. The van der Waals surface area contributed by atoms with Crippen molar-refractivity contribution in [1.29, 1.82) is 0 Å². The first-order valence-corrected chi connectivity index (χ1v) is 8.28. The number of aliphatic imine (C=N–C) groups is 1. The molecular formula is C14H26N2O2S. The van der Waals surface area contributed by atoms with Crippen molar-refractivity contribution < 1.29 is 9.47 Å². The number of amidine groups is 1. The minimum absolute atomic E-state index is 0.231. The van der Waals surface area contributed by atoms with Gasteiger partial charge in [-0.1, -0.05) is 25.6 Å². The number of thioether (sulfide) groups is 1. The van der Waals surface area contributed by atoms with Crippen molar-refractivity contribution in [1.82, 2.24) is 5.32 Å². The Morgan fingerprint density at radius 2 is 2.16 bits per heavy atom. The van der Waals surface area contributed by atoms with Crippen molar-refractivity contribution in [2.75, 3.05) is 32.2 Å². The zero-order valence-electron chi connectivity index (χ0n) is 12.3. The second kappa shape index (κ2) is 6.95. The van der Waals surface area contributed by atoms with E-state index in [0.717, 1.165) is 50.2 Å². The Kier molecular flexibility index (Phi) is 5.54. The van der Waals surface area contributed by atoms with E-state index in [9.17, 15) is 0 Å². The maximum absolute atomic E-state index is 5.54. The van der Waals surface area contributed by atoms with E-state index in [1.54, 1.807) is 0 Å². The van der Waals surface area contributed by atoms with Gasteiger partial charge in [-0.3, -0.25) is 4.99 Å². The molecule has 1 spiro atoms. The first-order chi connectivity index (χ1) is 9.15. The second-order valence-corrected chi connectivity index (χ2v) is 6.68. The topological polar surface area (TPSA) is 42.8 Å². The highest BCUT2D eigenvalue weighted by Gasteiger charge is 2.38. The maximum Gasteiger partial charge on any atom is 0.157 e. The fourth-order valence-electron chi connectivity index (χ4n) is 2.37. The van der Waals surface area contributed by atoms with E-state index in [2.05, 4.69) is 19.2 Å². The minimum atomic E-state index is 0.231. The number of rotatable bonds is 5. The number of ether oxygens (including phenoxy) is 2. The minimum Gasteiger partial charge on any atom is -0.381 e. The molecule has 2 fully saturated rings. The largest absolute Gasteiger partial charge is 0.381 e. The molecule has 2 saturated heterocycles.